The highest BCUT2D eigenvalue weighted by Crippen LogP contribution is 2.20. The molecule has 5 heteroatoms. The Bertz CT molecular complexity index is 611. The van der Waals surface area contributed by atoms with Gasteiger partial charge >= 0.3 is 0 Å². The molecule has 19 heavy (non-hydrogen) atoms. The van der Waals surface area contributed by atoms with Gasteiger partial charge in [-0.05, 0) is 13.0 Å². The number of carbonyl (C=O) groups is 1. The number of methoxy groups -OCH3 is 2. The highest BCUT2D eigenvalue weighted by atomic mass is 16.5. The maximum Gasteiger partial charge on any atom is 0.247 e. The van der Waals surface area contributed by atoms with Crippen molar-refractivity contribution in [1.82, 2.24) is 9.97 Å². The van der Waals surface area contributed by atoms with E-state index in [0.717, 1.165) is 5.56 Å². The van der Waals surface area contributed by atoms with Gasteiger partial charge in [0.1, 0.15) is 0 Å². The molecule has 2 aromatic rings. The minimum Gasteiger partial charge on any atom is -0.480 e. The summed E-state index contributed by atoms with van der Waals surface area (Å²) in [5.74, 6) is 0.235. The smallest absolute Gasteiger partial charge is 0.247 e. The number of aryl methyl sites for hydroxylation is 1. The van der Waals surface area contributed by atoms with Crippen LogP contribution in [0.25, 0.3) is 0 Å². The molecule has 5 nitrogen and oxygen atoms in total. The van der Waals surface area contributed by atoms with E-state index in [1.807, 2.05) is 19.1 Å². The van der Waals surface area contributed by atoms with Crippen molar-refractivity contribution in [2.75, 3.05) is 14.2 Å². The SMILES string of the molecule is COc1cnc(C(=O)c2cccc(C)c2)c(OC)n1. The number of ketones is 1. The summed E-state index contributed by atoms with van der Waals surface area (Å²) in [6, 6.07) is 7.29. The van der Waals surface area contributed by atoms with Crippen molar-refractivity contribution < 1.29 is 14.3 Å². The van der Waals surface area contributed by atoms with Crippen LogP contribution in [0.5, 0.6) is 11.8 Å². The third-order valence-electron chi connectivity index (χ3n) is 2.62. The van der Waals surface area contributed by atoms with Gasteiger partial charge in [0.05, 0.1) is 20.4 Å². The molecule has 0 saturated heterocycles. The Morgan fingerprint density at radius 3 is 2.63 bits per heavy atom. The minimum atomic E-state index is -0.226. The Kier molecular flexibility index (Phi) is 3.75. The molecule has 0 spiro atoms. The lowest BCUT2D eigenvalue weighted by atomic mass is 10.1. The molecule has 0 unspecified atom stereocenters. The molecule has 0 aliphatic rings. The van der Waals surface area contributed by atoms with Crippen LogP contribution in [-0.2, 0) is 0 Å². The van der Waals surface area contributed by atoms with Crippen molar-refractivity contribution in [3.8, 4) is 11.8 Å². The zero-order chi connectivity index (χ0) is 13.8. The fourth-order valence-electron chi connectivity index (χ4n) is 1.68. The van der Waals surface area contributed by atoms with Crippen molar-refractivity contribution in [3.05, 3.63) is 47.3 Å². The van der Waals surface area contributed by atoms with E-state index < -0.39 is 0 Å². The molecule has 0 aliphatic heterocycles. The van der Waals surface area contributed by atoms with Gasteiger partial charge in [0.25, 0.3) is 0 Å². The van der Waals surface area contributed by atoms with E-state index in [0.29, 0.717) is 11.4 Å². The zero-order valence-corrected chi connectivity index (χ0v) is 11.0. The van der Waals surface area contributed by atoms with Crippen LogP contribution in [0.1, 0.15) is 21.6 Å². The lowest BCUT2D eigenvalue weighted by Crippen LogP contribution is -2.09. The van der Waals surface area contributed by atoms with Gasteiger partial charge in [-0.2, -0.15) is 4.98 Å². The number of rotatable bonds is 4. The summed E-state index contributed by atoms with van der Waals surface area (Å²) in [7, 11) is 2.92. The molecule has 1 aromatic carbocycles. The van der Waals surface area contributed by atoms with Crippen LogP contribution in [0.3, 0.4) is 0 Å². The first-order valence-electron chi connectivity index (χ1n) is 5.72. The molecule has 1 aromatic heterocycles. The van der Waals surface area contributed by atoms with Crippen LogP contribution in [0.4, 0.5) is 0 Å². The Morgan fingerprint density at radius 2 is 2.00 bits per heavy atom. The Labute approximate surface area is 111 Å². The fourth-order valence-corrected chi connectivity index (χ4v) is 1.68. The lowest BCUT2D eigenvalue weighted by Gasteiger charge is -2.07. The molecule has 98 valence electrons. The van der Waals surface area contributed by atoms with Gasteiger partial charge in [-0.25, -0.2) is 4.98 Å². The summed E-state index contributed by atoms with van der Waals surface area (Å²) in [4.78, 5) is 20.5. The third kappa shape index (κ3) is 2.70. The summed E-state index contributed by atoms with van der Waals surface area (Å²) in [6.07, 6.45) is 1.39. The van der Waals surface area contributed by atoms with E-state index in [4.69, 9.17) is 9.47 Å². The van der Waals surface area contributed by atoms with Crippen molar-refractivity contribution >= 4 is 5.78 Å². The van der Waals surface area contributed by atoms with E-state index in [1.165, 1.54) is 20.4 Å². The van der Waals surface area contributed by atoms with Crippen molar-refractivity contribution in [3.63, 3.8) is 0 Å². The van der Waals surface area contributed by atoms with Gasteiger partial charge in [-0.3, -0.25) is 4.79 Å². The van der Waals surface area contributed by atoms with Crippen molar-refractivity contribution in [1.29, 1.82) is 0 Å². The number of ether oxygens (including phenoxy) is 2. The number of carbonyl (C=O) groups excluding carboxylic acids is 1. The van der Waals surface area contributed by atoms with Crippen LogP contribution < -0.4 is 9.47 Å². The maximum absolute atomic E-state index is 12.4. The van der Waals surface area contributed by atoms with Gasteiger partial charge in [-0.1, -0.05) is 23.8 Å². The van der Waals surface area contributed by atoms with E-state index in [1.54, 1.807) is 12.1 Å². The first-order chi connectivity index (χ1) is 9.15. The maximum atomic E-state index is 12.4. The fraction of sp³-hybridized carbons (Fsp3) is 0.214. The molecular weight excluding hydrogens is 244 g/mol. The molecule has 0 atom stereocenters. The summed E-state index contributed by atoms with van der Waals surface area (Å²) in [5, 5.41) is 0. The normalized spacial score (nSPS) is 10.1. The zero-order valence-electron chi connectivity index (χ0n) is 11.0. The largest absolute Gasteiger partial charge is 0.480 e. The predicted octanol–water partition coefficient (Wildman–Crippen LogP) is 2.03. The van der Waals surface area contributed by atoms with Gasteiger partial charge in [-0.15, -0.1) is 0 Å². The third-order valence-corrected chi connectivity index (χ3v) is 2.62. The first kappa shape index (κ1) is 13.0. The molecule has 0 bridgehead atoms. The molecular formula is C14H14N2O3. The highest BCUT2D eigenvalue weighted by Gasteiger charge is 2.18. The van der Waals surface area contributed by atoms with Crippen LogP contribution in [0, 0.1) is 6.92 Å². The molecule has 0 fully saturated rings. The van der Waals surface area contributed by atoms with Crippen molar-refractivity contribution in [2.24, 2.45) is 0 Å². The number of hydrogen-bond donors (Lipinski definition) is 0. The summed E-state index contributed by atoms with van der Waals surface area (Å²) < 4.78 is 10.0. The quantitative estimate of drug-likeness (QED) is 0.785. The number of benzene rings is 1. The van der Waals surface area contributed by atoms with Crippen molar-refractivity contribution in [2.45, 2.75) is 6.92 Å². The van der Waals surface area contributed by atoms with E-state index in [-0.39, 0.29) is 17.4 Å². The van der Waals surface area contributed by atoms with Crippen LogP contribution in [0.15, 0.2) is 30.5 Å². The lowest BCUT2D eigenvalue weighted by molar-refractivity contribution is 0.103. The average Bonchev–Trinajstić information content (AvgIpc) is 2.45. The van der Waals surface area contributed by atoms with Gasteiger partial charge in [0.15, 0.2) is 5.69 Å². The summed E-state index contributed by atoms with van der Waals surface area (Å²) in [6.45, 7) is 1.92. The monoisotopic (exact) mass is 258 g/mol. The molecule has 0 amide bonds. The number of nitrogens with zero attached hydrogens (tertiary/aromatic N) is 2. The van der Waals surface area contributed by atoms with Gasteiger partial charge in [0.2, 0.25) is 17.5 Å². The molecule has 0 aliphatic carbocycles. The summed E-state index contributed by atoms with van der Waals surface area (Å²) in [5.41, 5.74) is 1.73. The topological polar surface area (TPSA) is 61.3 Å². The Morgan fingerprint density at radius 1 is 1.21 bits per heavy atom. The van der Waals surface area contributed by atoms with Gasteiger partial charge < -0.3 is 9.47 Å². The molecule has 1 heterocycles. The molecule has 2 rings (SSSR count). The number of hydrogen-bond acceptors (Lipinski definition) is 5. The second kappa shape index (κ2) is 5.48. The average molecular weight is 258 g/mol. The second-order valence-corrected chi connectivity index (χ2v) is 3.97. The summed E-state index contributed by atoms with van der Waals surface area (Å²) >= 11 is 0. The van der Waals surface area contributed by atoms with Crippen LogP contribution in [-0.4, -0.2) is 30.0 Å². The van der Waals surface area contributed by atoms with E-state index in [9.17, 15) is 4.79 Å². The Balaban J connectivity index is 2.44. The first-order valence-corrected chi connectivity index (χ1v) is 5.72. The molecule has 0 radical (unpaired) electrons. The molecule has 0 saturated carbocycles. The van der Waals surface area contributed by atoms with Crippen LogP contribution >= 0.6 is 0 Å². The van der Waals surface area contributed by atoms with E-state index >= 15 is 0 Å². The van der Waals surface area contributed by atoms with E-state index in [2.05, 4.69) is 9.97 Å². The van der Waals surface area contributed by atoms with Gasteiger partial charge in [0, 0.05) is 5.56 Å². The molecule has 0 N–H and O–H groups in total. The predicted molar refractivity (Wildman–Crippen MR) is 69.7 cm³/mol. The highest BCUT2D eigenvalue weighted by molar-refractivity contribution is 6.09. The standard InChI is InChI=1S/C14H14N2O3/c1-9-5-4-6-10(7-9)13(17)12-14(19-3)16-11(18-2)8-15-12/h4-8H,1-3H3. The van der Waals surface area contributed by atoms with Crippen LogP contribution in [0.2, 0.25) is 0 Å². The Hall–Kier alpha value is -2.43. The minimum absolute atomic E-state index is 0.158. The second-order valence-electron chi connectivity index (χ2n) is 3.97. The number of aromatic nitrogens is 2.